The number of nitrogens with one attached hydrogen (secondary N) is 1. The normalized spacial score (nSPS) is 10.1. The van der Waals surface area contributed by atoms with Crippen molar-refractivity contribution in [3.8, 4) is 0 Å². The number of amides is 1. The van der Waals surface area contributed by atoms with Gasteiger partial charge in [0.15, 0.2) is 0 Å². The summed E-state index contributed by atoms with van der Waals surface area (Å²) in [5.74, 6) is 0.00859. The summed E-state index contributed by atoms with van der Waals surface area (Å²) in [6.07, 6.45) is 0.363. The maximum Gasteiger partial charge on any atom is 0.224 e. The summed E-state index contributed by atoms with van der Waals surface area (Å²) in [4.78, 5) is 12.1. The van der Waals surface area contributed by atoms with Crippen molar-refractivity contribution in [1.82, 2.24) is 5.32 Å². The van der Waals surface area contributed by atoms with Gasteiger partial charge in [0.1, 0.15) is 4.99 Å². The van der Waals surface area contributed by atoms with Crippen LogP contribution >= 0.6 is 23.6 Å². The van der Waals surface area contributed by atoms with Gasteiger partial charge >= 0.3 is 0 Å². The third kappa shape index (κ3) is 4.15. The minimum atomic E-state index is 0.00859. The Hall–Kier alpha value is -1.72. The number of thiocarbonyl (C=S) groups is 1. The third-order valence-corrected chi connectivity index (χ3v) is 3.64. The molecule has 1 aromatic carbocycles. The van der Waals surface area contributed by atoms with Crippen molar-refractivity contribution in [3.63, 3.8) is 0 Å². The Balaban J connectivity index is 1.86. The molecule has 5 heteroatoms. The van der Waals surface area contributed by atoms with Crippen molar-refractivity contribution in [1.29, 1.82) is 0 Å². The average molecular weight is 290 g/mol. The molecule has 0 unspecified atom stereocenters. The smallest absolute Gasteiger partial charge is 0.224 e. The molecule has 1 heterocycles. The highest BCUT2D eigenvalue weighted by atomic mass is 32.1. The summed E-state index contributed by atoms with van der Waals surface area (Å²) in [7, 11) is 0. The summed E-state index contributed by atoms with van der Waals surface area (Å²) in [6, 6.07) is 9.42. The number of thiophene rings is 1. The van der Waals surface area contributed by atoms with Crippen LogP contribution in [0.1, 0.15) is 16.7 Å². The minimum absolute atomic E-state index is 0.00859. The Kier molecular flexibility index (Phi) is 4.65. The van der Waals surface area contributed by atoms with E-state index < -0.39 is 0 Å². The maximum atomic E-state index is 11.8. The topological polar surface area (TPSA) is 55.1 Å². The first-order valence-electron chi connectivity index (χ1n) is 5.81. The molecular weight excluding hydrogens is 276 g/mol. The average Bonchev–Trinajstić information content (AvgIpc) is 2.90. The Morgan fingerprint density at radius 1 is 1.21 bits per heavy atom. The van der Waals surface area contributed by atoms with Gasteiger partial charge in [0.2, 0.25) is 5.91 Å². The molecule has 1 amide bonds. The van der Waals surface area contributed by atoms with Gasteiger partial charge in [-0.15, -0.1) is 0 Å². The van der Waals surface area contributed by atoms with Gasteiger partial charge in [-0.1, -0.05) is 36.5 Å². The number of hydrogen-bond acceptors (Lipinski definition) is 3. The quantitative estimate of drug-likeness (QED) is 0.830. The van der Waals surface area contributed by atoms with Crippen molar-refractivity contribution in [2.24, 2.45) is 5.73 Å². The molecule has 1 aromatic heterocycles. The Morgan fingerprint density at radius 3 is 2.53 bits per heavy atom. The fraction of sp³-hybridized carbons (Fsp3) is 0.143. The monoisotopic (exact) mass is 290 g/mol. The van der Waals surface area contributed by atoms with Crippen LogP contribution in [0.3, 0.4) is 0 Å². The van der Waals surface area contributed by atoms with Crippen LogP contribution in [0.15, 0.2) is 41.1 Å². The van der Waals surface area contributed by atoms with Crippen LogP contribution in [0, 0.1) is 0 Å². The van der Waals surface area contributed by atoms with Gasteiger partial charge in [-0.2, -0.15) is 11.3 Å². The number of nitrogens with two attached hydrogens (primary N) is 1. The molecule has 0 saturated heterocycles. The summed E-state index contributed by atoms with van der Waals surface area (Å²) < 4.78 is 0. The fourth-order valence-electron chi connectivity index (χ4n) is 1.63. The number of carbonyl (C=O) groups is 1. The summed E-state index contributed by atoms with van der Waals surface area (Å²) in [6.45, 7) is 0.577. The van der Waals surface area contributed by atoms with Crippen molar-refractivity contribution in [3.05, 3.63) is 57.8 Å². The van der Waals surface area contributed by atoms with Gasteiger partial charge in [-0.3, -0.25) is 4.79 Å². The van der Waals surface area contributed by atoms with Gasteiger partial charge in [0.05, 0.1) is 6.42 Å². The van der Waals surface area contributed by atoms with Gasteiger partial charge in [0.25, 0.3) is 0 Å². The lowest BCUT2D eigenvalue weighted by Gasteiger charge is -2.05. The molecule has 0 radical (unpaired) electrons. The molecule has 0 aliphatic carbocycles. The van der Waals surface area contributed by atoms with Gasteiger partial charge in [-0.05, 0) is 28.0 Å². The molecule has 0 bridgehead atoms. The van der Waals surface area contributed by atoms with E-state index >= 15 is 0 Å². The van der Waals surface area contributed by atoms with E-state index in [2.05, 4.69) is 5.32 Å². The van der Waals surface area contributed by atoms with E-state index in [9.17, 15) is 4.79 Å². The summed E-state index contributed by atoms with van der Waals surface area (Å²) in [5.41, 5.74) is 8.41. The molecule has 2 rings (SSSR count). The van der Waals surface area contributed by atoms with E-state index in [-0.39, 0.29) is 5.91 Å². The van der Waals surface area contributed by atoms with Gasteiger partial charge in [-0.25, -0.2) is 0 Å². The SMILES string of the molecule is NC(=S)c1ccc(CC(=O)NCc2ccsc2)cc1. The second kappa shape index (κ2) is 6.45. The van der Waals surface area contributed by atoms with Crippen molar-refractivity contribution < 1.29 is 4.79 Å². The molecule has 0 spiro atoms. The molecule has 3 N–H and O–H groups in total. The van der Waals surface area contributed by atoms with E-state index in [1.54, 1.807) is 11.3 Å². The molecule has 0 atom stereocenters. The highest BCUT2D eigenvalue weighted by Crippen LogP contribution is 2.07. The molecule has 3 nitrogen and oxygen atoms in total. The van der Waals surface area contributed by atoms with Crippen molar-refractivity contribution in [2.45, 2.75) is 13.0 Å². The molecule has 0 aliphatic rings. The number of benzene rings is 1. The molecule has 98 valence electrons. The lowest BCUT2D eigenvalue weighted by Crippen LogP contribution is -2.24. The maximum absolute atomic E-state index is 11.8. The van der Waals surface area contributed by atoms with Crippen LogP contribution in [0.2, 0.25) is 0 Å². The number of hydrogen-bond donors (Lipinski definition) is 2. The van der Waals surface area contributed by atoms with E-state index in [1.165, 1.54) is 0 Å². The van der Waals surface area contributed by atoms with E-state index in [1.807, 2.05) is 41.1 Å². The first kappa shape index (κ1) is 13.7. The zero-order chi connectivity index (χ0) is 13.7. The first-order valence-corrected chi connectivity index (χ1v) is 7.17. The third-order valence-electron chi connectivity index (χ3n) is 2.67. The summed E-state index contributed by atoms with van der Waals surface area (Å²) in [5, 5.41) is 6.91. The van der Waals surface area contributed by atoms with Gasteiger partial charge in [0, 0.05) is 12.1 Å². The molecule has 0 fully saturated rings. The highest BCUT2D eigenvalue weighted by molar-refractivity contribution is 7.80. The van der Waals surface area contributed by atoms with Crippen LogP contribution in [0.4, 0.5) is 0 Å². The minimum Gasteiger partial charge on any atom is -0.389 e. The second-order valence-electron chi connectivity index (χ2n) is 4.15. The first-order chi connectivity index (χ1) is 9.15. The van der Waals surface area contributed by atoms with Crippen LogP contribution in [-0.2, 0) is 17.8 Å². The van der Waals surface area contributed by atoms with Crippen LogP contribution in [0.25, 0.3) is 0 Å². The predicted octanol–water partition coefficient (Wildman–Crippen LogP) is 2.24. The number of rotatable bonds is 5. The Labute approximate surface area is 121 Å². The zero-order valence-corrected chi connectivity index (χ0v) is 11.9. The number of carbonyl (C=O) groups excluding carboxylic acids is 1. The van der Waals surface area contributed by atoms with Crippen LogP contribution in [-0.4, -0.2) is 10.9 Å². The van der Waals surface area contributed by atoms with Crippen LogP contribution < -0.4 is 11.1 Å². The molecule has 19 heavy (non-hydrogen) atoms. The largest absolute Gasteiger partial charge is 0.389 e. The molecular formula is C14H14N2OS2. The predicted molar refractivity (Wildman–Crippen MR) is 82.2 cm³/mol. The lowest BCUT2D eigenvalue weighted by atomic mass is 10.1. The van der Waals surface area contributed by atoms with Crippen molar-refractivity contribution >= 4 is 34.5 Å². The lowest BCUT2D eigenvalue weighted by molar-refractivity contribution is -0.120. The second-order valence-corrected chi connectivity index (χ2v) is 5.37. The van der Waals surface area contributed by atoms with E-state index in [4.69, 9.17) is 18.0 Å². The van der Waals surface area contributed by atoms with E-state index in [0.29, 0.717) is 18.0 Å². The van der Waals surface area contributed by atoms with Crippen molar-refractivity contribution in [2.75, 3.05) is 0 Å². The Morgan fingerprint density at radius 2 is 1.95 bits per heavy atom. The van der Waals surface area contributed by atoms with Crippen LogP contribution in [0.5, 0.6) is 0 Å². The molecule has 2 aromatic rings. The zero-order valence-electron chi connectivity index (χ0n) is 10.3. The standard InChI is InChI=1S/C14H14N2OS2/c15-14(18)12-3-1-10(2-4-12)7-13(17)16-8-11-5-6-19-9-11/h1-6,9H,7-8H2,(H2,15,18)(H,16,17). The Bertz CT molecular complexity index is 562. The molecule has 0 saturated carbocycles. The molecule has 0 aliphatic heterocycles. The highest BCUT2D eigenvalue weighted by Gasteiger charge is 2.04. The summed E-state index contributed by atoms with van der Waals surface area (Å²) >= 11 is 6.50. The van der Waals surface area contributed by atoms with E-state index in [0.717, 1.165) is 16.7 Å². The fourth-order valence-corrected chi connectivity index (χ4v) is 2.43. The van der Waals surface area contributed by atoms with Gasteiger partial charge < -0.3 is 11.1 Å².